The lowest BCUT2D eigenvalue weighted by Gasteiger charge is -2.55. The number of aromatic nitrogens is 1. The van der Waals surface area contributed by atoms with Crippen molar-refractivity contribution in [2.45, 2.75) is 32.5 Å². The minimum atomic E-state index is -1.18. The number of aliphatic hydroxyl groups excluding tert-OH is 1. The number of carbonyl (C=O) groups excluding carboxylic acids is 3. The molecule has 4 saturated heterocycles. The van der Waals surface area contributed by atoms with Gasteiger partial charge in [0.25, 0.3) is 5.91 Å². The summed E-state index contributed by atoms with van der Waals surface area (Å²) in [5.74, 6) is -1.94. The number of hydrogen-bond donors (Lipinski definition) is 3. The molecule has 4 fully saturated rings. The molecule has 6 heterocycles. The maximum Gasteiger partial charge on any atom is 0.352 e. The summed E-state index contributed by atoms with van der Waals surface area (Å²) in [6.07, 6.45) is 0.796. The van der Waals surface area contributed by atoms with E-state index in [0.717, 1.165) is 71.5 Å². The predicted molar refractivity (Wildman–Crippen MR) is 176 cm³/mol. The Kier molecular flexibility index (Phi) is 9.20. The van der Waals surface area contributed by atoms with Crippen LogP contribution in [0.2, 0.25) is 0 Å². The van der Waals surface area contributed by atoms with Gasteiger partial charge in [-0.3, -0.25) is 14.4 Å². The van der Waals surface area contributed by atoms with E-state index in [-0.39, 0.29) is 54.0 Å². The molecule has 2 bridgehead atoms. The Hall–Kier alpha value is -4.13. The van der Waals surface area contributed by atoms with Crippen LogP contribution in [-0.4, -0.2) is 111 Å². The zero-order valence-electron chi connectivity index (χ0n) is 27.8. The maximum atomic E-state index is 13.7. The highest BCUT2D eigenvalue weighted by Gasteiger charge is 2.60. The molecule has 1 aliphatic carbocycles. The second kappa shape index (κ2) is 12.9. The van der Waals surface area contributed by atoms with Crippen LogP contribution in [-0.2, 0) is 20.9 Å². The van der Waals surface area contributed by atoms with Crippen LogP contribution in [0.15, 0.2) is 66.5 Å². The lowest BCUT2D eigenvalue weighted by molar-refractivity contribution is -1.08. The molecule has 3 aromatic rings. The van der Waals surface area contributed by atoms with Gasteiger partial charge >= 0.3 is 5.97 Å². The van der Waals surface area contributed by atoms with Crippen LogP contribution in [0.3, 0.4) is 0 Å². The number of carboxylic acid groups (broad SMARTS) is 1. The molecule has 9 rings (SSSR count). The molecule has 2 aromatic carbocycles. The van der Waals surface area contributed by atoms with Crippen molar-refractivity contribution in [1.29, 1.82) is 0 Å². The third-order valence-electron chi connectivity index (χ3n) is 11.6. The number of anilines is 1. The number of benzene rings is 2. The Labute approximate surface area is 302 Å². The summed E-state index contributed by atoms with van der Waals surface area (Å²) < 4.78 is 1.74. The number of pyridine rings is 1. The van der Waals surface area contributed by atoms with Crippen LogP contribution >= 0.6 is 0 Å². The smallest absolute Gasteiger partial charge is 0.352 e. The highest BCUT2D eigenvalue weighted by Crippen LogP contribution is 2.51. The number of quaternary nitrogens is 2. The molecule has 3 N–H and O–H groups in total. The Bertz CT molecular complexity index is 1920. The normalized spacial score (nSPS) is 27.7. The van der Waals surface area contributed by atoms with Crippen molar-refractivity contribution in [3.8, 4) is 11.1 Å². The number of hydrogen-bond acceptors (Lipinski definition) is 6. The first-order valence-electron chi connectivity index (χ1n) is 16.7. The minimum Gasteiger partial charge on any atom is -1.00 e. The van der Waals surface area contributed by atoms with Crippen molar-refractivity contribution in [1.82, 2.24) is 9.88 Å². The van der Waals surface area contributed by atoms with Crippen molar-refractivity contribution in [3.63, 3.8) is 0 Å². The number of piperazine rings is 3. The number of amides is 2. The highest BCUT2D eigenvalue weighted by molar-refractivity contribution is 6.22. The van der Waals surface area contributed by atoms with Gasteiger partial charge in [0, 0.05) is 28.8 Å². The number of carboxylic acids is 1. The van der Waals surface area contributed by atoms with E-state index in [1.165, 1.54) is 4.90 Å². The summed E-state index contributed by atoms with van der Waals surface area (Å²) in [4.78, 5) is 57.3. The van der Waals surface area contributed by atoms with E-state index in [4.69, 9.17) is 0 Å². The lowest BCUT2D eigenvalue weighted by Crippen LogP contribution is -3.00. The molecular weight excluding hydrogens is 681 g/mol. The fourth-order valence-corrected chi connectivity index (χ4v) is 9.07. The molecule has 11 nitrogen and oxygen atoms in total. The predicted octanol–water partition coefficient (Wildman–Crippen LogP) is -3.25. The molecule has 50 heavy (non-hydrogen) atoms. The molecule has 13 heteroatoms. The summed E-state index contributed by atoms with van der Waals surface area (Å²) >= 11 is 0. The number of ketones is 1. The average molecular weight is 721 g/mol. The molecule has 6 aliphatic rings. The Morgan fingerprint density at radius 2 is 1.60 bits per heavy atom. The number of aliphatic hydroxyl groups is 1. The van der Waals surface area contributed by atoms with E-state index in [1.807, 2.05) is 37.3 Å². The quantitative estimate of drug-likeness (QED) is 0.129. The van der Waals surface area contributed by atoms with E-state index in [9.17, 15) is 29.4 Å². The van der Waals surface area contributed by atoms with Crippen LogP contribution < -0.4 is 30.1 Å². The Morgan fingerprint density at radius 3 is 2.24 bits per heavy atom. The standard InChI is InChI=1S/C37H37N5O6.2ClH/c1-21-31(34(37(47)48)40-33(21)32(22(2)43)36(40)46)24-7-9-26-27(18-24)25-8-6-23(17-28(25)35(26)45)19-41-11-14-42(15-12-41,16-13-41)20-30(44)39-29-5-3-4-10-38-29;;/h3-10,17-18,21-22,32-33,43H,11-16,19-20H2,1-2H3;2*1H/t21-,22+,32+,33+,41?,42?;;/m0../s1. The summed E-state index contributed by atoms with van der Waals surface area (Å²) in [5, 5.41) is 23.3. The fourth-order valence-electron chi connectivity index (χ4n) is 9.07. The van der Waals surface area contributed by atoms with Crippen molar-refractivity contribution in [2.24, 2.45) is 11.8 Å². The van der Waals surface area contributed by atoms with Gasteiger partial charge in [-0.15, -0.1) is 0 Å². The third-order valence-corrected chi connectivity index (χ3v) is 11.6. The van der Waals surface area contributed by atoms with Gasteiger partial charge in [0.05, 0.1) is 18.1 Å². The van der Waals surface area contributed by atoms with Crippen LogP contribution in [0.1, 0.15) is 40.9 Å². The number of aliphatic carboxylic acids is 1. The number of nitrogens with zero attached hydrogens (tertiary/aromatic N) is 4. The van der Waals surface area contributed by atoms with Gasteiger partial charge in [-0.2, -0.15) is 0 Å². The first-order valence-corrected chi connectivity index (χ1v) is 16.7. The molecule has 1 aromatic heterocycles. The Morgan fingerprint density at radius 1 is 0.920 bits per heavy atom. The van der Waals surface area contributed by atoms with Gasteiger partial charge in [-0.05, 0) is 59.5 Å². The fraction of sp³-hybridized carbons (Fsp3) is 0.378. The van der Waals surface area contributed by atoms with E-state index in [0.29, 0.717) is 34.6 Å². The second-order valence-corrected chi connectivity index (χ2v) is 14.4. The molecular formula is C37H39Cl2N5O6. The first kappa shape index (κ1) is 35.7. The minimum absolute atomic E-state index is 0. The summed E-state index contributed by atoms with van der Waals surface area (Å²) in [6.45, 7) is 10.5. The number of rotatable bonds is 8. The van der Waals surface area contributed by atoms with Gasteiger partial charge in [0.2, 0.25) is 5.91 Å². The van der Waals surface area contributed by atoms with E-state index < -0.39 is 24.0 Å². The number of β-lactam (4-membered cyclic amide) rings is 1. The molecule has 0 unspecified atom stereocenters. The van der Waals surface area contributed by atoms with Crippen molar-refractivity contribution >= 4 is 35.0 Å². The highest BCUT2D eigenvalue weighted by atomic mass is 35.5. The van der Waals surface area contributed by atoms with Crippen LogP contribution in [0.25, 0.3) is 16.7 Å². The van der Waals surface area contributed by atoms with Gasteiger partial charge in [0.1, 0.15) is 57.3 Å². The molecule has 5 aliphatic heterocycles. The SMILES string of the molecule is C[C@@H](O)[C@H]1C(=O)N2C(C(=O)O)=C(c3ccc4c(c3)-c3ccc(C[N+]56CC[N+](CC(=O)Nc7ccccn7)(CC5)CC6)cc3C4=O)[C@H](C)[C@H]12.[Cl-].[Cl-]. The number of nitrogens with one attached hydrogen (secondary N) is 1. The van der Waals surface area contributed by atoms with Crippen molar-refractivity contribution in [3.05, 3.63) is 88.7 Å². The van der Waals surface area contributed by atoms with Crippen molar-refractivity contribution < 1.29 is 63.2 Å². The van der Waals surface area contributed by atoms with E-state index in [2.05, 4.69) is 16.4 Å². The monoisotopic (exact) mass is 719 g/mol. The summed E-state index contributed by atoms with van der Waals surface area (Å²) in [6, 6.07) is 16.7. The number of halogens is 2. The van der Waals surface area contributed by atoms with Gasteiger partial charge in [-0.1, -0.05) is 31.2 Å². The zero-order chi connectivity index (χ0) is 33.5. The maximum absolute atomic E-state index is 13.7. The summed E-state index contributed by atoms with van der Waals surface area (Å²) in [5.41, 5.74) is 5.14. The van der Waals surface area contributed by atoms with Crippen LogP contribution in [0.4, 0.5) is 5.82 Å². The molecule has 0 radical (unpaired) electrons. The van der Waals surface area contributed by atoms with Gasteiger partial charge in [0.15, 0.2) is 12.3 Å². The van der Waals surface area contributed by atoms with E-state index >= 15 is 0 Å². The topological polar surface area (TPSA) is 137 Å². The van der Waals surface area contributed by atoms with Gasteiger partial charge < -0.3 is 54.2 Å². The Balaban J connectivity index is 0.00000216. The summed E-state index contributed by atoms with van der Waals surface area (Å²) in [7, 11) is 0. The van der Waals surface area contributed by atoms with Crippen LogP contribution in [0, 0.1) is 11.8 Å². The molecule has 0 saturated carbocycles. The average Bonchev–Trinajstić information content (AvgIpc) is 3.49. The second-order valence-electron chi connectivity index (χ2n) is 14.4. The molecule has 4 atom stereocenters. The third kappa shape index (κ3) is 5.52. The molecule has 0 spiro atoms. The zero-order valence-corrected chi connectivity index (χ0v) is 29.3. The lowest BCUT2D eigenvalue weighted by atomic mass is 9.76. The van der Waals surface area contributed by atoms with Crippen molar-refractivity contribution in [2.75, 3.05) is 51.1 Å². The molecule has 2 amide bonds. The largest absolute Gasteiger partial charge is 1.00 e. The molecule has 262 valence electrons. The number of fused-ring (bicyclic) bond motifs is 7. The van der Waals surface area contributed by atoms with Crippen LogP contribution in [0.5, 0.6) is 0 Å². The number of carbonyl (C=O) groups is 4. The van der Waals surface area contributed by atoms with Gasteiger partial charge in [-0.25, -0.2) is 9.78 Å². The van der Waals surface area contributed by atoms with E-state index in [1.54, 1.807) is 31.3 Å². The first-order chi connectivity index (χ1) is 23.0.